The van der Waals surface area contributed by atoms with Gasteiger partial charge in [0.05, 0.1) is 35.7 Å². The van der Waals surface area contributed by atoms with Gasteiger partial charge in [0.25, 0.3) is 5.91 Å². The molecule has 0 radical (unpaired) electrons. The van der Waals surface area contributed by atoms with Gasteiger partial charge in [0.1, 0.15) is 5.82 Å². The molecule has 2 atom stereocenters. The van der Waals surface area contributed by atoms with Crippen LogP contribution in [0.25, 0.3) is 0 Å². The van der Waals surface area contributed by atoms with Gasteiger partial charge in [-0.25, -0.2) is 4.98 Å². The Morgan fingerprint density at radius 3 is 2.79 bits per heavy atom. The number of piperidine rings is 1. The van der Waals surface area contributed by atoms with Crippen LogP contribution in [0.2, 0.25) is 0 Å². The first-order valence-electron chi connectivity index (χ1n) is 10.0. The summed E-state index contributed by atoms with van der Waals surface area (Å²) < 4.78 is 11.3. The fourth-order valence-electron chi connectivity index (χ4n) is 4.20. The Hall–Kier alpha value is -2.52. The molecule has 4 heterocycles. The number of aromatic nitrogens is 3. The van der Waals surface area contributed by atoms with E-state index in [1.165, 1.54) is 0 Å². The highest BCUT2D eigenvalue weighted by atomic mass is 16.5. The molecule has 9 heteroatoms. The highest BCUT2D eigenvalue weighted by Crippen LogP contribution is 2.40. The second kappa shape index (κ2) is 7.72. The van der Waals surface area contributed by atoms with E-state index in [1.807, 2.05) is 6.92 Å². The van der Waals surface area contributed by atoms with Gasteiger partial charge in [-0.1, -0.05) is 12.1 Å². The molecule has 0 unspecified atom stereocenters. The Kier molecular flexibility index (Phi) is 5.26. The Labute approximate surface area is 169 Å². The van der Waals surface area contributed by atoms with E-state index in [0.29, 0.717) is 12.8 Å². The van der Waals surface area contributed by atoms with Gasteiger partial charge in [-0.05, 0) is 26.2 Å². The number of rotatable bonds is 4. The number of ether oxygens (including phenoxy) is 1. The monoisotopic (exact) mass is 401 g/mol. The molecular weight excluding hydrogens is 374 g/mol. The van der Waals surface area contributed by atoms with E-state index >= 15 is 0 Å². The number of hydrogen-bond acceptors (Lipinski definition) is 8. The number of aliphatic hydroxyl groups is 1. The zero-order chi connectivity index (χ0) is 20.5. The van der Waals surface area contributed by atoms with Crippen LogP contribution in [0.5, 0.6) is 0 Å². The number of carbonyl (C=O) groups excluding carboxylic acids is 1. The van der Waals surface area contributed by atoms with Gasteiger partial charge in [-0.15, -0.1) is 0 Å². The first-order valence-corrected chi connectivity index (χ1v) is 10.0. The minimum Gasteiger partial charge on any atom is -0.388 e. The first-order chi connectivity index (χ1) is 13.9. The SMILES string of the molecule is CCc1cc(C(=O)N[C@H]2COC3(CCN(c4cnccn4)CC3)C[C@]2(C)O)on1. The summed E-state index contributed by atoms with van der Waals surface area (Å²) in [4.78, 5) is 23.1. The zero-order valence-electron chi connectivity index (χ0n) is 16.8. The molecule has 1 spiro atoms. The molecule has 2 aromatic rings. The summed E-state index contributed by atoms with van der Waals surface area (Å²) in [6, 6.07) is 1.10. The van der Waals surface area contributed by atoms with Crippen molar-refractivity contribution in [1.29, 1.82) is 0 Å². The summed E-state index contributed by atoms with van der Waals surface area (Å²) in [6.45, 7) is 5.51. The number of anilines is 1. The van der Waals surface area contributed by atoms with E-state index in [2.05, 4.69) is 25.3 Å². The lowest BCUT2D eigenvalue weighted by atomic mass is 9.75. The minimum absolute atomic E-state index is 0.148. The van der Waals surface area contributed by atoms with Gasteiger partial charge < -0.3 is 24.6 Å². The number of hydrogen-bond donors (Lipinski definition) is 2. The summed E-state index contributed by atoms with van der Waals surface area (Å²) >= 11 is 0. The largest absolute Gasteiger partial charge is 0.388 e. The maximum absolute atomic E-state index is 12.5. The summed E-state index contributed by atoms with van der Waals surface area (Å²) in [5.41, 5.74) is -0.767. The summed E-state index contributed by atoms with van der Waals surface area (Å²) in [5.74, 6) is 0.614. The van der Waals surface area contributed by atoms with Gasteiger partial charge in [0.15, 0.2) is 0 Å². The molecule has 29 heavy (non-hydrogen) atoms. The summed E-state index contributed by atoms with van der Waals surface area (Å²) in [7, 11) is 0. The molecule has 2 aliphatic rings. The highest BCUT2D eigenvalue weighted by Gasteiger charge is 2.49. The van der Waals surface area contributed by atoms with Crippen LogP contribution in [0.3, 0.4) is 0 Å². The second-order valence-electron chi connectivity index (χ2n) is 8.14. The minimum atomic E-state index is -1.09. The van der Waals surface area contributed by atoms with Crippen LogP contribution < -0.4 is 10.2 Å². The number of aryl methyl sites for hydroxylation is 1. The van der Waals surface area contributed by atoms with Crippen molar-refractivity contribution in [2.45, 2.75) is 56.8 Å². The average Bonchev–Trinajstić information content (AvgIpc) is 3.20. The number of nitrogens with one attached hydrogen (secondary N) is 1. The van der Waals surface area contributed by atoms with Crippen LogP contribution in [-0.4, -0.2) is 63.1 Å². The van der Waals surface area contributed by atoms with E-state index in [0.717, 1.165) is 37.4 Å². The molecule has 0 aliphatic carbocycles. The highest BCUT2D eigenvalue weighted by molar-refractivity contribution is 5.91. The molecule has 156 valence electrons. The van der Waals surface area contributed by atoms with Crippen molar-refractivity contribution in [3.63, 3.8) is 0 Å². The van der Waals surface area contributed by atoms with E-state index in [9.17, 15) is 9.90 Å². The van der Waals surface area contributed by atoms with E-state index < -0.39 is 17.2 Å². The summed E-state index contributed by atoms with van der Waals surface area (Å²) in [5, 5.41) is 17.8. The second-order valence-corrected chi connectivity index (χ2v) is 8.14. The Morgan fingerprint density at radius 1 is 1.38 bits per heavy atom. The van der Waals surface area contributed by atoms with E-state index in [1.54, 1.807) is 31.6 Å². The quantitative estimate of drug-likeness (QED) is 0.789. The standard InChI is InChI=1S/C20H27N5O4/c1-3-14-10-15(29-24-14)18(26)23-16-12-28-20(13-19(16,2)27)4-8-25(9-5-20)17-11-21-6-7-22-17/h6-7,10-11,16,27H,3-5,8-9,12-13H2,1-2H3,(H,23,26)/t16-,19-/m0/s1. The van der Waals surface area contributed by atoms with Crippen molar-refractivity contribution < 1.29 is 19.2 Å². The molecule has 2 aromatic heterocycles. The van der Waals surface area contributed by atoms with Crippen molar-refractivity contribution in [2.75, 3.05) is 24.6 Å². The van der Waals surface area contributed by atoms with Gasteiger partial charge in [-0.3, -0.25) is 9.78 Å². The van der Waals surface area contributed by atoms with Crippen molar-refractivity contribution in [1.82, 2.24) is 20.4 Å². The topological polar surface area (TPSA) is 114 Å². The van der Waals surface area contributed by atoms with Gasteiger partial charge in [-0.2, -0.15) is 0 Å². The average molecular weight is 401 g/mol. The lowest BCUT2D eigenvalue weighted by Gasteiger charge is -2.51. The van der Waals surface area contributed by atoms with E-state index in [4.69, 9.17) is 9.26 Å². The fourth-order valence-corrected chi connectivity index (χ4v) is 4.20. The smallest absolute Gasteiger partial charge is 0.290 e. The number of carbonyl (C=O) groups is 1. The lowest BCUT2D eigenvalue weighted by Crippen LogP contribution is -2.64. The van der Waals surface area contributed by atoms with Crippen LogP contribution in [0.15, 0.2) is 29.2 Å². The molecule has 2 fully saturated rings. The predicted octanol–water partition coefficient (Wildman–Crippen LogP) is 1.34. The molecule has 2 N–H and O–H groups in total. The molecule has 0 aromatic carbocycles. The first kappa shape index (κ1) is 19.8. The van der Waals surface area contributed by atoms with Crippen molar-refractivity contribution in [3.8, 4) is 0 Å². The zero-order valence-corrected chi connectivity index (χ0v) is 16.8. The van der Waals surface area contributed by atoms with Gasteiger partial charge >= 0.3 is 0 Å². The van der Waals surface area contributed by atoms with Crippen LogP contribution in [-0.2, 0) is 11.2 Å². The normalized spacial score (nSPS) is 26.4. The van der Waals surface area contributed by atoms with Gasteiger partial charge in [0, 0.05) is 38.0 Å². The van der Waals surface area contributed by atoms with Gasteiger partial charge in [0.2, 0.25) is 5.76 Å². The predicted molar refractivity (Wildman–Crippen MR) is 105 cm³/mol. The van der Waals surface area contributed by atoms with Crippen molar-refractivity contribution in [3.05, 3.63) is 36.1 Å². The molecule has 0 bridgehead atoms. The van der Waals surface area contributed by atoms with Crippen LogP contribution in [0, 0.1) is 0 Å². The molecule has 1 amide bonds. The molecule has 2 saturated heterocycles. The Morgan fingerprint density at radius 2 is 2.17 bits per heavy atom. The van der Waals surface area contributed by atoms with Crippen LogP contribution >= 0.6 is 0 Å². The maximum Gasteiger partial charge on any atom is 0.290 e. The molecule has 4 rings (SSSR count). The Bertz CT molecular complexity index is 846. The van der Waals surface area contributed by atoms with Crippen molar-refractivity contribution in [2.24, 2.45) is 0 Å². The maximum atomic E-state index is 12.5. The molecule has 0 saturated carbocycles. The van der Waals surface area contributed by atoms with Crippen LogP contribution in [0.4, 0.5) is 5.82 Å². The Balaban J connectivity index is 1.37. The third kappa shape index (κ3) is 4.11. The van der Waals surface area contributed by atoms with Crippen LogP contribution in [0.1, 0.15) is 49.4 Å². The number of nitrogens with zero attached hydrogens (tertiary/aromatic N) is 4. The fraction of sp³-hybridized carbons (Fsp3) is 0.600. The van der Waals surface area contributed by atoms with E-state index in [-0.39, 0.29) is 18.3 Å². The third-order valence-electron chi connectivity index (χ3n) is 5.99. The molecule has 2 aliphatic heterocycles. The summed E-state index contributed by atoms with van der Waals surface area (Å²) in [6.07, 6.45) is 7.81. The van der Waals surface area contributed by atoms with Crippen molar-refractivity contribution >= 4 is 11.7 Å². The molecular formula is C20H27N5O4. The third-order valence-corrected chi connectivity index (χ3v) is 5.99. The number of amides is 1. The molecule has 9 nitrogen and oxygen atoms in total. The lowest BCUT2D eigenvalue weighted by molar-refractivity contribution is -0.176.